The second-order valence-electron chi connectivity index (χ2n) is 7.40. The Balaban J connectivity index is 1.89. The third-order valence-corrected chi connectivity index (χ3v) is 4.71. The van der Waals surface area contributed by atoms with E-state index in [1.54, 1.807) is 0 Å². The molecule has 1 heterocycles. The molecule has 0 spiro atoms. The van der Waals surface area contributed by atoms with Crippen molar-refractivity contribution in [2.24, 2.45) is 5.92 Å². The lowest BCUT2D eigenvalue weighted by molar-refractivity contribution is 0.248. The van der Waals surface area contributed by atoms with E-state index in [0.29, 0.717) is 17.8 Å². The molecule has 0 amide bonds. The van der Waals surface area contributed by atoms with E-state index in [1.165, 1.54) is 24.0 Å². The van der Waals surface area contributed by atoms with Gasteiger partial charge in [0.15, 0.2) is 0 Å². The molecule has 134 valence electrons. The summed E-state index contributed by atoms with van der Waals surface area (Å²) in [4.78, 5) is 9.31. The number of hydrogen-bond acceptors (Lipinski definition) is 5. The first-order chi connectivity index (χ1) is 12.0. The van der Waals surface area contributed by atoms with E-state index < -0.39 is 0 Å². The zero-order chi connectivity index (χ0) is 18.0. The fraction of sp³-hybridized carbons (Fsp3) is 0.500. The molecule has 1 aromatic heterocycles. The van der Waals surface area contributed by atoms with Crippen molar-refractivity contribution < 1.29 is 5.11 Å². The summed E-state index contributed by atoms with van der Waals surface area (Å²) in [5.41, 5.74) is 4.53. The van der Waals surface area contributed by atoms with Gasteiger partial charge in [-0.15, -0.1) is 0 Å². The number of rotatable bonds is 7. The highest BCUT2D eigenvalue weighted by Gasteiger charge is 2.26. The molecule has 1 fully saturated rings. The van der Waals surface area contributed by atoms with E-state index in [0.717, 1.165) is 17.2 Å². The molecular weight excluding hydrogens is 312 g/mol. The third-order valence-electron chi connectivity index (χ3n) is 4.71. The van der Waals surface area contributed by atoms with Gasteiger partial charge in [-0.05, 0) is 49.8 Å². The molecule has 5 nitrogen and oxygen atoms in total. The summed E-state index contributed by atoms with van der Waals surface area (Å²) in [5, 5.41) is 16.3. The Labute approximate surface area is 149 Å². The standard InChI is InChI=1S/C20H28N4O/c1-12(2)18(11-25)23-20-22-17(15-7-8-15)10-19(24-20)21-16-9-13(3)5-6-14(16)4/h5-6,9-10,12,15,18,25H,7-8,11H2,1-4H3,(H2,21,22,23,24)/t18-/m1/s1. The number of nitrogens with zero attached hydrogens (tertiary/aromatic N) is 2. The number of aliphatic hydroxyl groups is 1. The van der Waals surface area contributed by atoms with Gasteiger partial charge in [-0.25, -0.2) is 4.98 Å². The smallest absolute Gasteiger partial charge is 0.225 e. The number of benzene rings is 1. The fourth-order valence-electron chi connectivity index (χ4n) is 2.78. The number of aliphatic hydroxyl groups excluding tert-OH is 1. The number of nitrogens with one attached hydrogen (secondary N) is 2. The minimum absolute atomic E-state index is 0.0528. The Morgan fingerprint density at radius 2 is 1.92 bits per heavy atom. The average Bonchev–Trinajstić information content (AvgIpc) is 3.40. The second kappa shape index (κ2) is 7.40. The van der Waals surface area contributed by atoms with Gasteiger partial charge in [0, 0.05) is 17.7 Å². The highest BCUT2D eigenvalue weighted by molar-refractivity contribution is 5.62. The summed E-state index contributed by atoms with van der Waals surface area (Å²) in [6.45, 7) is 8.39. The molecule has 2 aromatic rings. The maximum absolute atomic E-state index is 9.59. The largest absolute Gasteiger partial charge is 0.394 e. The predicted octanol–water partition coefficient (Wildman–Crippen LogP) is 4.14. The summed E-state index contributed by atoms with van der Waals surface area (Å²) in [5.74, 6) is 2.22. The van der Waals surface area contributed by atoms with Gasteiger partial charge < -0.3 is 15.7 Å². The van der Waals surface area contributed by atoms with Gasteiger partial charge in [0.25, 0.3) is 0 Å². The lowest BCUT2D eigenvalue weighted by atomic mass is 10.1. The Bertz CT molecular complexity index is 740. The molecule has 25 heavy (non-hydrogen) atoms. The van der Waals surface area contributed by atoms with Gasteiger partial charge in [-0.2, -0.15) is 4.98 Å². The predicted molar refractivity (Wildman–Crippen MR) is 103 cm³/mol. The molecule has 0 unspecified atom stereocenters. The Morgan fingerprint density at radius 1 is 1.16 bits per heavy atom. The van der Waals surface area contributed by atoms with Crippen LogP contribution in [0.25, 0.3) is 0 Å². The molecule has 3 N–H and O–H groups in total. The van der Waals surface area contributed by atoms with Crippen LogP contribution < -0.4 is 10.6 Å². The van der Waals surface area contributed by atoms with Gasteiger partial charge in [0.1, 0.15) is 5.82 Å². The van der Waals surface area contributed by atoms with Crippen molar-refractivity contribution in [3.63, 3.8) is 0 Å². The van der Waals surface area contributed by atoms with Gasteiger partial charge in [0.2, 0.25) is 5.95 Å². The van der Waals surface area contributed by atoms with Crippen molar-refractivity contribution in [1.82, 2.24) is 9.97 Å². The van der Waals surface area contributed by atoms with Crippen molar-refractivity contribution in [1.29, 1.82) is 0 Å². The van der Waals surface area contributed by atoms with E-state index in [4.69, 9.17) is 0 Å². The van der Waals surface area contributed by atoms with Crippen molar-refractivity contribution in [3.8, 4) is 0 Å². The molecule has 1 aromatic carbocycles. The molecule has 5 heteroatoms. The summed E-state index contributed by atoms with van der Waals surface area (Å²) in [6.07, 6.45) is 2.37. The van der Waals surface area contributed by atoms with Crippen LogP contribution in [0, 0.1) is 19.8 Å². The monoisotopic (exact) mass is 340 g/mol. The van der Waals surface area contributed by atoms with Crippen LogP contribution in [-0.2, 0) is 0 Å². The number of aryl methyl sites for hydroxylation is 2. The molecule has 0 radical (unpaired) electrons. The van der Waals surface area contributed by atoms with Crippen LogP contribution in [0.2, 0.25) is 0 Å². The lowest BCUT2D eigenvalue weighted by Crippen LogP contribution is -2.30. The van der Waals surface area contributed by atoms with Crippen LogP contribution in [0.15, 0.2) is 24.3 Å². The molecule has 0 aliphatic heterocycles. The van der Waals surface area contributed by atoms with Crippen LogP contribution in [0.3, 0.4) is 0 Å². The molecule has 0 saturated heterocycles. The minimum atomic E-state index is -0.0528. The first kappa shape index (κ1) is 17.7. The van der Waals surface area contributed by atoms with Gasteiger partial charge >= 0.3 is 0 Å². The fourth-order valence-corrected chi connectivity index (χ4v) is 2.78. The van der Waals surface area contributed by atoms with Crippen LogP contribution >= 0.6 is 0 Å². The van der Waals surface area contributed by atoms with Crippen molar-refractivity contribution in [2.45, 2.75) is 52.5 Å². The Morgan fingerprint density at radius 3 is 2.56 bits per heavy atom. The van der Waals surface area contributed by atoms with Crippen LogP contribution in [0.1, 0.15) is 49.4 Å². The van der Waals surface area contributed by atoms with E-state index >= 15 is 0 Å². The molecule has 1 aliphatic carbocycles. The molecule has 0 bridgehead atoms. The Hall–Kier alpha value is -2.14. The topological polar surface area (TPSA) is 70.1 Å². The molecular formula is C20H28N4O. The van der Waals surface area contributed by atoms with Crippen LogP contribution in [0.5, 0.6) is 0 Å². The zero-order valence-corrected chi connectivity index (χ0v) is 15.5. The maximum Gasteiger partial charge on any atom is 0.225 e. The van der Waals surface area contributed by atoms with Crippen molar-refractivity contribution >= 4 is 17.5 Å². The normalized spacial score (nSPS) is 15.3. The van der Waals surface area contributed by atoms with Crippen molar-refractivity contribution in [3.05, 3.63) is 41.1 Å². The van der Waals surface area contributed by atoms with E-state index in [2.05, 4.69) is 66.5 Å². The summed E-state index contributed by atoms with van der Waals surface area (Å²) in [6, 6.07) is 8.35. The highest BCUT2D eigenvalue weighted by Crippen LogP contribution is 2.40. The van der Waals surface area contributed by atoms with Crippen molar-refractivity contribution in [2.75, 3.05) is 17.2 Å². The number of aromatic nitrogens is 2. The maximum atomic E-state index is 9.59. The molecule has 1 aliphatic rings. The molecule has 3 rings (SSSR count). The first-order valence-electron chi connectivity index (χ1n) is 9.07. The number of hydrogen-bond donors (Lipinski definition) is 3. The SMILES string of the molecule is Cc1ccc(C)c(Nc2cc(C3CC3)nc(N[C@H](CO)C(C)C)n2)c1. The van der Waals surface area contributed by atoms with Gasteiger partial charge in [-0.3, -0.25) is 0 Å². The summed E-state index contributed by atoms with van der Waals surface area (Å²) < 4.78 is 0. The summed E-state index contributed by atoms with van der Waals surface area (Å²) in [7, 11) is 0. The Kier molecular flexibility index (Phi) is 5.23. The van der Waals surface area contributed by atoms with Gasteiger partial charge in [-0.1, -0.05) is 26.0 Å². The second-order valence-corrected chi connectivity index (χ2v) is 7.40. The summed E-state index contributed by atoms with van der Waals surface area (Å²) >= 11 is 0. The van der Waals surface area contributed by atoms with Crippen LogP contribution in [0.4, 0.5) is 17.5 Å². The van der Waals surface area contributed by atoms with E-state index in [-0.39, 0.29) is 12.6 Å². The average molecular weight is 340 g/mol. The molecule has 1 saturated carbocycles. The van der Waals surface area contributed by atoms with E-state index in [9.17, 15) is 5.11 Å². The highest BCUT2D eigenvalue weighted by atomic mass is 16.3. The molecule has 1 atom stereocenters. The number of anilines is 3. The minimum Gasteiger partial charge on any atom is -0.394 e. The van der Waals surface area contributed by atoms with E-state index in [1.807, 2.05) is 6.07 Å². The zero-order valence-electron chi connectivity index (χ0n) is 15.5. The first-order valence-corrected chi connectivity index (χ1v) is 9.07. The van der Waals surface area contributed by atoms with Gasteiger partial charge in [0.05, 0.1) is 18.3 Å². The van der Waals surface area contributed by atoms with Crippen LogP contribution in [-0.4, -0.2) is 27.7 Å². The third kappa shape index (κ3) is 4.48. The lowest BCUT2D eigenvalue weighted by Gasteiger charge is -2.21. The quantitative estimate of drug-likeness (QED) is 0.706.